The first-order valence-electron chi connectivity index (χ1n) is 6.51. The fourth-order valence-corrected chi connectivity index (χ4v) is 2.12. The molecule has 1 aromatic carbocycles. The van der Waals surface area contributed by atoms with E-state index in [1.165, 1.54) is 0 Å². The van der Waals surface area contributed by atoms with Crippen LogP contribution in [0.1, 0.15) is 12.8 Å². The van der Waals surface area contributed by atoms with Crippen LogP contribution >= 0.6 is 0 Å². The zero-order valence-corrected chi connectivity index (χ0v) is 11.2. The average Bonchev–Trinajstić information content (AvgIpc) is 2.66. The molecular weight excluding hydrogens is 244 g/mol. The quantitative estimate of drug-likeness (QED) is 0.886. The monoisotopic (exact) mass is 264 g/mol. The van der Waals surface area contributed by atoms with E-state index in [0.29, 0.717) is 26.2 Å². The maximum Gasteiger partial charge on any atom is 0.244 e. The molecule has 0 bridgehead atoms. The highest BCUT2D eigenvalue weighted by Gasteiger charge is 2.25. The van der Waals surface area contributed by atoms with E-state index in [2.05, 4.69) is 0 Å². The molecule has 0 saturated carbocycles. The van der Waals surface area contributed by atoms with E-state index >= 15 is 0 Å². The Morgan fingerprint density at radius 2 is 2.32 bits per heavy atom. The highest BCUT2D eigenvalue weighted by atomic mass is 16.5. The predicted molar refractivity (Wildman–Crippen MR) is 73.4 cm³/mol. The third kappa shape index (κ3) is 3.24. The number of benzene rings is 1. The van der Waals surface area contributed by atoms with Gasteiger partial charge in [0.25, 0.3) is 0 Å². The summed E-state index contributed by atoms with van der Waals surface area (Å²) in [7, 11) is 1.60. The van der Waals surface area contributed by atoms with Gasteiger partial charge in [-0.25, -0.2) is 0 Å². The van der Waals surface area contributed by atoms with Crippen molar-refractivity contribution < 1.29 is 14.3 Å². The molecule has 1 atom stereocenters. The number of amides is 1. The lowest BCUT2D eigenvalue weighted by Crippen LogP contribution is -2.44. The molecule has 19 heavy (non-hydrogen) atoms. The number of rotatable bonds is 4. The molecule has 0 saturated heterocycles. The molecule has 5 heteroatoms. The first kappa shape index (κ1) is 13.8. The van der Waals surface area contributed by atoms with Gasteiger partial charge in [0.2, 0.25) is 5.91 Å². The van der Waals surface area contributed by atoms with Crippen LogP contribution in [-0.2, 0) is 9.53 Å². The molecule has 1 amide bonds. The normalized spacial score (nSPS) is 16.2. The molecule has 0 spiro atoms. The van der Waals surface area contributed by atoms with Gasteiger partial charge in [-0.2, -0.15) is 0 Å². The van der Waals surface area contributed by atoms with Crippen LogP contribution in [0.2, 0.25) is 0 Å². The minimum atomic E-state index is -0.536. The summed E-state index contributed by atoms with van der Waals surface area (Å²) in [5, 5.41) is 0. The Labute approximate surface area is 113 Å². The number of carbonyl (C=O) groups is 1. The minimum Gasteiger partial charge on any atom is -0.491 e. The predicted octanol–water partition coefficient (Wildman–Crippen LogP) is 1.17. The SMILES string of the molecule is COCCC(N)C(=O)N1CCCOc2ccccc21. The van der Waals surface area contributed by atoms with Gasteiger partial charge < -0.3 is 20.1 Å². The number of para-hydroxylation sites is 2. The van der Waals surface area contributed by atoms with E-state index in [4.69, 9.17) is 15.2 Å². The van der Waals surface area contributed by atoms with Gasteiger partial charge in [0, 0.05) is 20.3 Å². The molecule has 1 heterocycles. The number of nitrogens with zero attached hydrogens (tertiary/aromatic N) is 1. The summed E-state index contributed by atoms with van der Waals surface area (Å²) in [5.74, 6) is 0.669. The molecule has 104 valence electrons. The minimum absolute atomic E-state index is 0.0741. The second kappa shape index (κ2) is 6.54. The third-order valence-corrected chi connectivity index (χ3v) is 3.16. The Hall–Kier alpha value is -1.59. The summed E-state index contributed by atoms with van der Waals surface area (Å²) in [5.41, 5.74) is 6.73. The molecule has 0 aromatic heterocycles. The number of ether oxygens (including phenoxy) is 2. The van der Waals surface area contributed by atoms with Gasteiger partial charge in [-0.3, -0.25) is 4.79 Å². The number of carbonyl (C=O) groups excluding carboxylic acids is 1. The Balaban J connectivity index is 2.17. The number of anilines is 1. The van der Waals surface area contributed by atoms with Gasteiger partial charge in [-0.15, -0.1) is 0 Å². The van der Waals surface area contributed by atoms with Crippen molar-refractivity contribution in [2.45, 2.75) is 18.9 Å². The second-order valence-electron chi connectivity index (χ2n) is 4.55. The first-order chi connectivity index (χ1) is 9.24. The molecule has 1 aromatic rings. The summed E-state index contributed by atoms with van der Waals surface area (Å²) in [6.07, 6.45) is 1.33. The first-order valence-corrected chi connectivity index (χ1v) is 6.51. The summed E-state index contributed by atoms with van der Waals surface area (Å²) < 4.78 is 10.6. The maximum atomic E-state index is 12.4. The lowest BCUT2D eigenvalue weighted by Gasteiger charge is -2.24. The fourth-order valence-electron chi connectivity index (χ4n) is 2.12. The van der Waals surface area contributed by atoms with Gasteiger partial charge in [-0.05, 0) is 25.0 Å². The number of fused-ring (bicyclic) bond motifs is 1. The van der Waals surface area contributed by atoms with Crippen molar-refractivity contribution in [1.29, 1.82) is 0 Å². The van der Waals surface area contributed by atoms with Crippen molar-refractivity contribution in [3.05, 3.63) is 24.3 Å². The van der Waals surface area contributed by atoms with Crippen molar-refractivity contribution in [2.24, 2.45) is 5.73 Å². The van der Waals surface area contributed by atoms with Crippen molar-refractivity contribution in [1.82, 2.24) is 0 Å². The van der Waals surface area contributed by atoms with Crippen LogP contribution in [0, 0.1) is 0 Å². The Morgan fingerprint density at radius 3 is 3.11 bits per heavy atom. The van der Waals surface area contributed by atoms with E-state index in [-0.39, 0.29) is 5.91 Å². The Morgan fingerprint density at radius 1 is 1.53 bits per heavy atom. The lowest BCUT2D eigenvalue weighted by molar-refractivity contribution is -0.120. The van der Waals surface area contributed by atoms with Crippen LogP contribution in [-0.4, -0.2) is 38.8 Å². The van der Waals surface area contributed by atoms with Crippen LogP contribution in [0.3, 0.4) is 0 Å². The summed E-state index contributed by atoms with van der Waals surface area (Å²) >= 11 is 0. The van der Waals surface area contributed by atoms with Gasteiger partial charge in [0.1, 0.15) is 5.75 Å². The Kier molecular flexibility index (Phi) is 4.76. The fraction of sp³-hybridized carbons (Fsp3) is 0.500. The molecule has 0 radical (unpaired) electrons. The van der Waals surface area contributed by atoms with E-state index < -0.39 is 6.04 Å². The highest BCUT2D eigenvalue weighted by molar-refractivity contribution is 5.98. The average molecular weight is 264 g/mol. The van der Waals surface area contributed by atoms with Crippen molar-refractivity contribution >= 4 is 11.6 Å². The molecule has 1 aliphatic heterocycles. The second-order valence-corrected chi connectivity index (χ2v) is 4.55. The summed E-state index contributed by atoms with van der Waals surface area (Å²) in [4.78, 5) is 14.1. The Bertz CT molecular complexity index is 436. The van der Waals surface area contributed by atoms with Crippen LogP contribution in [0.15, 0.2) is 24.3 Å². The molecule has 1 unspecified atom stereocenters. The molecule has 5 nitrogen and oxygen atoms in total. The zero-order valence-electron chi connectivity index (χ0n) is 11.2. The molecule has 1 aliphatic rings. The summed E-state index contributed by atoms with van der Waals surface area (Å²) in [6.45, 7) is 1.74. The van der Waals surface area contributed by atoms with E-state index in [0.717, 1.165) is 17.9 Å². The number of hydrogen-bond donors (Lipinski definition) is 1. The smallest absolute Gasteiger partial charge is 0.244 e. The van der Waals surface area contributed by atoms with Gasteiger partial charge in [-0.1, -0.05) is 12.1 Å². The van der Waals surface area contributed by atoms with Crippen LogP contribution in [0.5, 0.6) is 5.75 Å². The van der Waals surface area contributed by atoms with Gasteiger partial charge >= 0.3 is 0 Å². The standard InChI is InChI=1S/C14H20N2O3/c1-18-10-7-11(15)14(17)16-8-4-9-19-13-6-3-2-5-12(13)16/h2-3,5-6,11H,4,7-10,15H2,1H3. The maximum absolute atomic E-state index is 12.4. The third-order valence-electron chi connectivity index (χ3n) is 3.16. The summed E-state index contributed by atoms with van der Waals surface area (Å²) in [6, 6.07) is 7.03. The molecule has 2 rings (SSSR count). The van der Waals surface area contributed by atoms with E-state index in [1.807, 2.05) is 24.3 Å². The van der Waals surface area contributed by atoms with E-state index in [1.54, 1.807) is 12.0 Å². The number of methoxy groups -OCH3 is 1. The van der Waals surface area contributed by atoms with Crippen LogP contribution in [0.4, 0.5) is 5.69 Å². The largest absolute Gasteiger partial charge is 0.491 e. The lowest BCUT2D eigenvalue weighted by atomic mass is 10.1. The van der Waals surface area contributed by atoms with Crippen LogP contribution < -0.4 is 15.4 Å². The van der Waals surface area contributed by atoms with Gasteiger partial charge in [0.15, 0.2) is 0 Å². The van der Waals surface area contributed by atoms with E-state index in [9.17, 15) is 4.79 Å². The molecule has 0 fully saturated rings. The number of nitrogens with two attached hydrogens (primary N) is 1. The molecule has 0 aliphatic carbocycles. The van der Waals surface area contributed by atoms with Crippen molar-refractivity contribution in [3.63, 3.8) is 0 Å². The molecular formula is C14H20N2O3. The van der Waals surface area contributed by atoms with Crippen molar-refractivity contribution in [3.8, 4) is 5.75 Å². The molecule has 2 N–H and O–H groups in total. The number of hydrogen-bond acceptors (Lipinski definition) is 4. The zero-order chi connectivity index (χ0) is 13.7. The van der Waals surface area contributed by atoms with Crippen LogP contribution in [0.25, 0.3) is 0 Å². The highest BCUT2D eigenvalue weighted by Crippen LogP contribution is 2.30. The van der Waals surface area contributed by atoms with Gasteiger partial charge in [0.05, 0.1) is 18.3 Å². The van der Waals surface area contributed by atoms with Crippen molar-refractivity contribution in [2.75, 3.05) is 31.8 Å². The topological polar surface area (TPSA) is 64.8 Å².